The third-order valence-corrected chi connectivity index (χ3v) is 8.08. The second-order valence-corrected chi connectivity index (χ2v) is 9.20. The van der Waals surface area contributed by atoms with E-state index in [0.717, 1.165) is 18.5 Å². The highest BCUT2D eigenvalue weighted by atomic mass is 28.4. The zero-order valence-corrected chi connectivity index (χ0v) is 15.1. The van der Waals surface area contributed by atoms with Gasteiger partial charge in [-0.25, -0.2) is 0 Å². The van der Waals surface area contributed by atoms with Crippen molar-refractivity contribution in [3.63, 3.8) is 0 Å². The minimum Gasteiger partial charge on any atom is -0.377 e. The molecule has 0 aromatic heterocycles. The molecule has 4 nitrogen and oxygen atoms in total. The predicted octanol–water partition coefficient (Wildman–Crippen LogP) is 3.05. The van der Waals surface area contributed by atoms with Crippen LogP contribution in [-0.2, 0) is 13.3 Å². The van der Waals surface area contributed by atoms with Crippen molar-refractivity contribution in [2.75, 3.05) is 41.0 Å². The molecule has 5 heteroatoms. The molecule has 1 rings (SSSR count). The van der Waals surface area contributed by atoms with Gasteiger partial charge in [0.1, 0.15) is 0 Å². The summed E-state index contributed by atoms with van der Waals surface area (Å²) in [5.74, 6) is 0. The SMILES string of the molecule is CCC(C)[N+]1(CCCC[Si](OC)(OC)OC)CCCC1. The van der Waals surface area contributed by atoms with Gasteiger partial charge in [-0.2, -0.15) is 0 Å². The minimum atomic E-state index is -2.36. The first-order valence-electron chi connectivity index (χ1n) is 8.09. The van der Waals surface area contributed by atoms with Gasteiger partial charge in [0.05, 0.1) is 25.7 Å². The summed E-state index contributed by atoms with van der Waals surface area (Å²) in [6.07, 6.45) is 6.47. The molecule has 0 N–H and O–H groups in total. The van der Waals surface area contributed by atoms with Crippen molar-refractivity contribution in [1.82, 2.24) is 0 Å². The van der Waals surface area contributed by atoms with E-state index < -0.39 is 8.80 Å². The Morgan fingerprint density at radius 3 is 2.00 bits per heavy atom. The molecule has 0 aliphatic carbocycles. The Bertz CT molecular complexity index is 258. The molecule has 0 spiro atoms. The second kappa shape index (κ2) is 8.49. The van der Waals surface area contributed by atoms with E-state index in [4.69, 9.17) is 13.3 Å². The fraction of sp³-hybridized carbons (Fsp3) is 1.00. The summed E-state index contributed by atoms with van der Waals surface area (Å²) in [6, 6.07) is 1.73. The molecule has 20 heavy (non-hydrogen) atoms. The zero-order valence-electron chi connectivity index (χ0n) is 14.1. The van der Waals surface area contributed by atoms with Crippen LogP contribution < -0.4 is 0 Å². The highest BCUT2D eigenvalue weighted by Crippen LogP contribution is 2.27. The van der Waals surface area contributed by atoms with Crippen LogP contribution in [0.5, 0.6) is 0 Å². The summed E-state index contributed by atoms with van der Waals surface area (Å²) in [6.45, 7) is 8.79. The maximum Gasteiger partial charge on any atom is 0.500 e. The quantitative estimate of drug-likeness (QED) is 0.353. The Morgan fingerprint density at radius 1 is 1.00 bits per heavy atom. The third-order valence-electron chi connectivity index (χ3n) is 5.25. The van der Waals surface area contributed by atoms with E-state index in [2.05, 4.69) is 13.8 Å². The smallest absolute Gasteiger partial charge is 0.377 e. The van der Waals surface area contributed by atoms with E-state index >= 15 is 0 Å². The van der Waals surface area contributed by atoms with Crippen molar-refractivity contribution in [3.8, 4) is 0 Å². The van der Waals surface area contributed by atoms with Crippen LogP contribution in [0.4, 0.5) is 0 Å². The molecule has 0 radical (unpaired) electrons. The lowest BCUT2D eigenvalue weighted by molar-refractivity contribution is -0.939. The van der Waals surface area contributed by atoms with Gasteiger partial charge in [-0.3, -0.25) is 0 Å². The average molecular weight is 305 g/mol. The van der Waals surface area contributed by atoms with Crippen molar-refractivity contribution >= 4 is 8.80 Å². The maximum absolute atomic E-state index is 5.49. The average Bonchev–Trinajstić information content (AvgIpc) is 2.97. The van der Waals surface area contributed by atoms with E-state index in [1.54, 1.807) is 21.3 Å². The lowest BCUT2D eigenvalue weighted by atomic mass is 10.1. The van der Waals surface area contributed by atoms with Crippen LogP contribution in [-0.4, -0.2) is 60.3 Å². The Labute approximate surface area is 126 Å². The van der Waals surface area contributed by atoms with Crippen molar-refractivity contribution in [1.29, 1.82) is 0 Å². The highest BCUT2D eigenvalue weighted by Gasteiger charge is 2.39. The topological polar surface area (TPSA) is 27.7 Å². The standard InChI is InChI=1S/C15H34NO3Si/c1-6-15(2)16(11-7-8-12-16)13-9-10-14-20(17-3,18-4)19-5/h15H,6-14H2,1-5H3/q+1. The van der Waals surface area contributed by atoms with Crippen LogP contribution in [0.25, 0.3) is 0 Å². The van der Waals surface area contributed by atoms with Gasteiger partial charge >= 0.3 is 8.80 Å². The normalized spacial score (nSPS) is 20.2. The predicted molar refractivity (Wildman–Crippen MR) is 84.7 cm³/mol. The molecule has 1 unspecified atom stereocenters. The molecule has 1 aliphatic heterocycles. The number of rotatable bonds is 10. The van der Waals surface area contributed by atoms with E-state index in [0.29, 0.717) is 0 Å². The molecular weight excluding hydrogens is 270 g/mol. The first-order chi connectivity index (χ1) is 9.58. The Kier molecular flexibility index (Phi) is 7.68. The van der Waals surface area contributed by atoms with Crippen LogP contribution in [0.3, 0.4) is 0 Å². The summed E-state index contributed by atoms with van der Waals surface area (Å²) in [5, 5.41) is 0. The van der Waals surface area contributed by atoms with Crippen LogP contribution in [0, 0.1) is 0 Å². The fourth-order valence-corrected chi connectivity index (χ4v) is 5.36. The maximum atomic E-state index is 5.49. The number of hydrogen-bond donors (Lipinski definition) is 0. The van der Waals surface area contributed by atoms with Crippen LogP contribution in [0.15, 0.2) is 0 Å². The molecule has 1 atom stereocenters. The summed E-state index contributed by atoms with van der Waals surface area (Å²) in [4.78, 5) is 0. The van der Waals surface area contributed by atoms with Gasteiger partial charge in [0.25, 0.3) is 0 Å². The van der Waals surface area contributed by atoms with E-state index in [1.807, 2.05) is 0 Å². The van der Waals surface area contributed by atoms with E-state index in [-0.39, 0.29) is 0 Å². The molecule has 1 heterocycles. The third kappa shape index (κ3) is 4.27. The molecule has 1 saturated heterocycles. The van der Waals surface area contributed by atoms with Gasteiger partial charge in [-0.05, 0) is 26.2 Å². The number of likely N-dealkylation sites (tertiary alicyclic amines) is 1. The first-order valence-corrected chi connectivity index (χ1v) is 10.0. The summed E-state index contributed by atoms with van der Waals surface area (Å²) >= 11 is 0. The lowest BCUT2D eigenvalue weighted by Gasteiger charge is -2.40. The largest absolute Gasteiger partial charge is 0.500 e. The van der Waals surface area contributed by atoms with Gasteiger partial charge in [0, 0.05) is 40.2 Å². The molecule has 0 aromatic carbocycles. The summed E-state index contributed by atoms with van der Waals surface area (Å²) in [7, 11) is 2.74. The summed E-state index contributed by atoms with van der Waals surface area (Å²) < 4.78 is 17.8. The minimum absolute atomic E-state index is 0.798. The number of quaternary nitrogens is 1. The van der Waals surface area contributed by atoms with Crippen LogP contribution in [0.1, 0.15) is 46.0 Å². The molecule has 0 aromatic rings. The van der Waals surface area contributed by atoms with Crippen molar-refractivity contribution in [2.45, 2.75) is 58.0 Å². The van der Waals surface area contributed by atoms with Gasteiger partial charge in [-0.15, -0.1) is 0 Å². The van der Waals surface area contributed by atoms with E-state index in [1.165, 1.54) is 49.8 Å². The first kappa shape index (κ1) is 18.1. The Morgan fingerprint density at radius 2 is 1.55 bits per heavy atom. The lowest BCUT2D eigenvalue weighted by Crippen LogP contribution is -2.52. The van der Waals surface area contributed by atoms with Gasteiger partial charge in [0.2, 0.25) is 0 Å². The molecule has 0 saturated carbocycles. The number of hydrogen-bond acceptors (Lipinski definition) is 3. The Hall–Kier alpha value is 0.0569. The molecular formula is C15H34NO3Si+. The van der Waals surface area contributed by atoms with Gasteiger partial charge in [0.15, 0.2) is 0 Å². The van der Waals surface area contributed by atoms with Crippen molar-refractivity contribution in [2.24, 2.45) is 0 Å². The van der Waals surface area contributed by atoms with E-state index in [9.17, 15) is 0 Å². The van der Waals surface area contributed by atoms with Crippen LogP contribution in [0.2, 0.25) is 6.04 Å². The van der Waals surface area contributed by atoms with Gasteiger partial charge in [-0.1, -0.05) is 6.92 Å². The molecule has 1 fully saturated rings. The van der Waals surface area contributed by atoms with Crippen LogP contribution >= 0.6 is 0 Å². The zero-order chi connectivity index (χ0) is 15.1. The second-order valence-electron chi connectivity index (χ2n) is 6.11. The number of unbranched alkanes of at least 4 members (excludes halogenated alkanes) is 1. The highest BCUT2D eigenvalue weighted by molar-refractivity contribution is 6.60. The molecule has 0 bridgehead atoms. The van der Waals surface area contributed by atoms with Crippen molar-refractivity contribution < 1.29 is 17.8 Å². The van der Waals surface area contributed by atoms with Gasteiger partial charge < -0.3 is 17.8 Å². The fourth-order valence-electron chi connectivity index (χ4n) is 3.56. The molecule has 1 aliphatic rings. The monoisotopic (exact) mass is 304 g/mol. The summed E-state index contributed by atoms with van der Waals surface area (Å²) in [5.41, 5.74) is 0. The Balaban J connectivity index is 2.42. The van der Waals surface area contributed by atoms with Crippen molar-refractivity contribution in [3.05, 3.63) is 0 Å². The molecule has 0 amide bonds. The molecule has 120 valence electrons. The number of nitrogens with zero attached hydrogens (tertiary/aromatic N) is 1.